The summed E-state index contributed by atoms with van der Waals surface area (Å²) in [6.45, 7) is 3.51. The summed E-state index contributed by atoms with van der Waals surface area (Å²) in [5.41, 5.74) is 0.782. The van der Waals surface area contributed by atoms with Gasteiger partial charge in [-0.25, -0.2) is 4.98 Å². The van der Waals surface area contributed by atoms with Gasteiger partial charge in [-0.15, -0.1) is 11.3 Å². The minimum Gasteiger partial charge on any atom is -0.378 e. The summed E-state index contributed by atoms with van der Waals surface area (Å²) in [7, 11) is 0. The van der Waals surface area contributed by atoms with Gasteiger partial charge >= 0.3 is 6.18 Å². The third kappa shape index (κ3) is 5.50. The van der Waals surface area contributed by atoms with Gasteiger partial charge < -0.3 is 15.0 Å². The Morgan fingerprint density at radius 3 is 2.59 bits per heavy atom. The van der Waals surface area contributed by atoms with Crippen molar-refractivity contribution in [3.8, 4) is 10.6 Å². The molecule has 9 heteroatoms. The lowest BCUT2D eigenvalue weighted by Gasteiger charge is -2.26. The van der Waals surface area contributed by atoms with Crippen LogP contribution in [-0.4, -0.2) is 48.6 Å². The Morgan fingerprint density at radius 2 is 1.93 bits per heavy atom. The van der Waals surface area contributed by atoms with E-state index in [-0.39, 0.29) is 5.91 Å². The van der Waals surface area contributed by atoms with E-state index in [0.29, 0.717) is 56.4 Å². The minimum atomic E-state index is -4.34. The normalized spacial score (nSPS) is 15.1. The Kier molecular flexibility index (Phi) is 6.46. The quantitative estimate of drug-likeness (QED) is 0.759. The lowest BCUT2D eigenvalue weighted by atomic mass is 10.1. The molecule has 1 amide bonds. The molecule has 1 saturated heterocycles. The standard InChI is InChI=1S/C18H20F3N3O2S/c19-18(20,21)14-3-1-13(2-4-14)17-23-15(12-27-17)11-22-6-5-16(25)24-7-9-26-10-8-24/h1-4,12,22H,5-11H2. The molecule has 1 aliphatic heterocycles. The smallest absolute Gasteiger partial charge is 0.378 e. The first-order valence-corrected chi connectivity index (χ1v) is 9.50. The maximum absolute atomic E-state index is 12.6. The van der Waals surface area contributed by atoms with Gasteiger partial charge in [-0.05, 0) is 12.1 Å². The van der Waals surface area contributed by atoms with Crippen LogP contribution in [0, 0.1) is 0 Å². The SMILES string of the molecule is O=C(CCNCc1csc(-c2ccc(C(F)(F)F)cc2)n1)N1CCOCC1. The van der Waals surface area contributed by atoms with Crippen LogP contribution in [-0.2, 0) is 22.3 Å². The maximum atomic E-state index is 12.6. The van der Waals surface area contributed by atoms with Crippen LogP contribution in [0.2, 0.25) is 0 Å². The number of hydrogen-bond acceptors (Lipinski definition) is 5. The summed E-state index contributed by atoms with van der Waals surface area (Å²) in [6.07, 6.45) is -3.93. The highest BCUT2D eigenvalue weighted by atomic mass is 32.1. The Morgan fingerprint density at radius 1 is 1.22 bits per heavy atom. The Labute approximate surface area is 159 Å². The van der Waals surface area contributed by atoms with Crippen molar-refractivity contribution in [3.05, 3.63) is 40.9 Å². The van der Waals surface area contributed by atoms with Crippen LogP contribution in [0.3, 0.4) is 0 Å². The van der Waals surface area contributed by atoms with E-state index in [9.17, 15) is 18.0 Å². The number of aromatic nitrogens is 1. The van der Waals surface area contributed by atoms with Gasteiger partial charge in [0.2, 0.25) is 5.91 Å². The van der Waals surface area contributed by atoms with Crippen molar-refractivity contribution < 1.29 is 22.7 Å². The molecule has 2 heterocycles. The van der Waals surface area contributed by atoms with E-state index in [1.807, 2.05) is 5.38 Å². The zero-order chi connectivity index (χ0) is 19.3. The number of rotatable bonds is 6. The summed E-state index contributed by atoms with van der Waals surface area (Å²) in [5.74, 6) is 0.106. The van der Waals surface area contributed by atoms with Crippen LogP contribution in [0.4, 0.5) is 13.2 Å². The number of nitrogens with zero attached hydrogens (tertiary/aromatic N) is 2. The molecule has 146 valence electrons. The number of nitrogens with one attached hydrogen (secondary N) is 1. The van der Waals surface area contributed by atoms with Crippen molar-refractivity contribution in [1.82, 2.24) is 15.2 Å². The van der Waals surface area contributed by atoms with E-state index in [4.69, 9.17) is 4.74 Å². The molecule has 1 aliphatic rings. The molecule has 1 aromatic heterocycles. The molecular formula is C18H20F3N3O2S. The second kappa shape index (κ2) is 8.81. The molecule has 0 aliphatic carbocycles. The van der Waals surface area contributed by atoms with Gasteiger partial charge in [0.15, 0.2) is 0 Å². The molecule has 5 nitrogen and oxygen atoms in total. The molecule has 1 aromatic carbocycles. The average molecular weight is 399 g/mol. The lowest BCUT2D eigenvalue weighted by molar-refractivity contribution is -0.137. The summed E-state index contributed by atoms with van der Waals surface area (Å²) in [5, 5.41) is 5.72. The van der Waals surface area contributed by atoms with Crippen molar-refractivity contribution in [2.24, 2.45) is 0 Å². The number of carbonyl (C=O) groups is 1. The van der Waals surface area contributed by atoms with Crippen LogP contribution in [0.1, 0.15) is 17.7 Å². The number of ether oxygens (including phenoxy) is 1. The number of hydrogen-bond donors (Lipinski definition) is 1. The monoisotopic (exact) mass is 399 g/mol. The van der Waals surface area contributed by atoms with Crippen molar-refractivity contribution in [1.29, 1.82) is 0 Å². The Hall–Kier alpha value is -1.97. The number of benzene rings is 1. The van der Waals surface area contributed by atoms with Crippen molar-refractivity contribution >= 4 is 17.2 Å². The fourth-order valence-electron chi connectivity index (χ4n) is 2.71. The predicted octanol–water partition coefficient (Wildman–Crippen LogP) is 3.17. The first-order chi connectivity index (χ1) is 12.9. The first kappa shape index (κ1) is 19.8. The molecule has 0 bridgehead atoms. The molecule has 0 saturated carbocycles. The fourth-order valence-corrected chi connectivity index (χ4v) is 3.53. The van der Waals surface area contributed by atoms with Gasteiger partial charge in [-0.1, -0.05) is 12.1 Å². The summed E-state index contributed by atoms with van der Waals surface area (Å²) in [6, 6.07) is 4.98. The zero-order valence-electron chi connectivity index (χ0n) is 14.6. The van der Waals surface area contributed by atoms with Crippen molar-refractivity contribution in [2.45, 2.75) is 19.1 Å². The van der Waals surface area contributed by atoms with Crippen LogP contribution in [0.15, 0.2) is 29.6 Å². The number of halogens is 3. The van der Waals surface area contributed by atoms with Crippen LogP contribution in [0.5, 0.6) is 0 Å². The molecule has 27 heavy (non-hydrogen) atoms. The Balaban J connectivity index is 1.46. The highest BCUT2D eigenvalue weighted by Gasteiger charge is 2.30. The highest BCUT2D eigenvalue weighted by molar-refractivity contribution is 7.13. The van der Waals surface area contributed by atoms with E-state index in [1.165, 1.54) is 23.5 Å². The molecule has 1 fully saturated rings. The zero-order valence-corrected chi connectivity index (χ0v) is 15.4. The molecule has 2 aromatic rings. The number of thiazole rings is 1. The third-order valence-electron chi connectivity index (χ3n) is 4.20. The van der Waals surface area contributed by atoms with Gasteiger partial charge in [0.1, 0.15) is 5.01 Å². The van der Waals surface area contributed by atoms with Gasteiger partial charge in [0.05, 0.1) is 24.5 Å². The van der Waals surface area contributed by atoms with Gasteiger partial charge in [-0.3, -0.25) is 4.79 Å². The number of amides is 1. The van der Waals surface area contributed by atoms with Crippen molar-refractivity contribution in [2.75, 3.05) is 32.8 Å². The van der Waals surface area contributed by atoms with E-state index < -0.39 is 11.7 Å². The largest absolute Gasteiger partial charge is 0.416 e. The van der Waals surface area contributed by atoms with Gasteiger partial charge in [-0.2, -0.15) is 13.2 Å². The minimum absolute atomic E-state index is 0.106. The second-order valence-electron chi connectivity index (χ2n) is 6.14. The van der Waals surface area contributed by atoms with Crippen LogP contribution in [0.25, 0.3) is 10.6 Å². The summed E-state index contributed by atoms with van der Waals surface area (Å²) < 4.78 is 43.1. The van der Waals surface area contributed by atoms with E-state index in [2.05, 4.69) is 10.3 Å². The first-order valence-electron chi connectivity index (χ1n) is 8.62. The molecule has 0 unspecified atom stereocenters. The maximum Gasteiger partial charge on any atom is 0.416 e. The van der Waals surface area contributed by atoms with Crippen molar-refractivity contribution in [3.63, 3.8) is 0 Å². The average Bonchev–Trinajstić information content (AvgIpc) is 3.14. The third-order valence-corrected chi connectivity index (χ3v) is 5.14. The number of alkyl halides is 3. The van der Waals surface area contributed by atoms with E-state index >= 15 is 0 Å². The van der Waals surface area contributed by atoms with E-state index in [1.54, 1.807) is 4.90 Å². The highest BCUT2D eigenvalue weighted by Crippen LogP contribution is 2.31. The van der Waals surface area contributed by atoms with Gasteiger partial charge in [0.25, 0.3) is 0 Å². The molecular weight excluding hydrogens is 379 g/mol. The molecule has 0 radical (unpaired) electrons. The topological polar surface area (TPSA) is 54.5 Å². The van der Waals surface area contributed by atoms with Crippen LogP contribution >= 0.6 is 11.3 Å². The van der Waals surface area contributed by atoms with Crippen LogP contribution < -0.4 is 5.32 Å². The predicted molar refractivity (Wildman–Crippen MR) is 96.3 cm³/mol. The molecule has 0 spiro atoms. The molecule has 0 atom stereocenters. The second-order valence-corrected chi connectivity index (χ2v) is 7.00. The molecule has 3 rings (SSSR count). The van der Waals surface area contributed by atoms with Gasteiger partial charge in [0, 0.05) is 43.5 Å². The fraction of sp³-hybridized carbons (Fsp3) is 0.444. The summed E-state index contributed by atoms with van der Waals surface area (Å²) >= 11 is 1.38. The molecule has 1 N–H and O–H groups in total. The summed E-state index contributed by atoms with van der Waals surface area (Å²) in [4.78, 5) is 18.3. The lowest BCUT2D eigenvalue weighted by Crippen LogP contribution is -2.41. The Bertz CT molecular complexity index is 756. The number of morpholine rings is 1. The number of carbonyl (C=O) groups excluding carboxylic acids is 1. The van der Waals surface area contributed by atoms with E-state index in [0.717, 1.165) is 17.8 Å².